The fourth-order valence-electron chi connectivity index (χ4n) is 5.27. The molecule has 0 radical (unpaired) electrons. The van der Waals surface area contributed by atoms with E-state index in [1.165, 1.54) is 35.3 Å². The number of hydrogen-bond donors (Lipinski definition) is 3. The summed E-state index contributed by atoms with van der Waals surface area (Å²) in [6, 6.07) is 7.26. The van der Waals surface area contributed by atoms with Gasteiger partial charge in [0.15, 0.2) is 5.82 Å². The number of nitrogens with two attached hydrogens (primary N) is 2. The molecule has 1 aliphatic heterocycles. The van der Waals surface area contributed by atoms with Crippen molar-refractivity contribution < 1.29 is 13.9 Å². The summed E-state index contributed by atoms with van der Waals surface area (Å²) in [7, 11) is 1.79. The topological polar surface area (TPSA) is 159 Å². The molecule has 2 atom stereocenters. The van der Waals surface area contributed by atoms with Crippen LogP contribution in [-0.2, 0) is 16.6 Å². The molecule has 5 N–H and O–H groups in total. The average molecular weight is 622 g/mol. The van der Waals surface area contributed by atoms with Gasteiger partial charge in [-0.3, -0.25) is 28.8 Å². The molecular formula is C30H33ClFN9O3. The zero-order chi connectivity index (χ0) is 31.5. The van der Waals surface area contributed by atoms with E-state index in [0.29, 0.717) is 42.9 Å². The van der Waals surface area contributed by atoms with Gasteiger partial charge in [0.05, 0.1) is 70.4 Å². The summed E-state index contributed by atoms with van der Waals surface area (Å²) in [6.07, 6.45) is 7.63. The Morgan fingerprint density at radius 3 is 2.80 bits per heavy atom. The van der Waals surface area contributed by atoms with Crippen LogP contribution in [0.3, 0.4) is 0 Å². The van der Waals surface area contributed by atoms with Crippen molar-refractivity contribution in [2.75, 3.05) is 16.9 Å². The third kappa shape index (κ3) is 6.15. The molecule has 2 bridgehead atoms. The molecule has 0 saturated heterocycles. The van der Waals surface area contributed by atoms with E-state index in [0.717, 1.165) is 10.6 Å². The number of fused-ring (bicyclic) bond motifs is 4. The average Bonchev–Trinajstić information content (AvgIpc) is 3.35. The largest absolute Gasteiger partial charge is 0.479 e. The van der Waals surface area contributed by atoms with Gasteiger partial charge in [0.2, 0.25) is 11.8 Å². The van der Waals surface area contributed by atoms with Gasteiger partial charge >= 0.3 is 0 Å². The molecule has 1 aliphatic rings. The Morgan fingerprint density at radius 1 is 1.25 bits per heavy atom. The highest BCUT2D eigenvalue weighted by atomic mass is 35.5. The standard InChI is InChI=1S/C30H33ClFN9O3/c1-4-44-25(33)15-41(34)24-9-8-19(31)28(32)27(24)21-13-26(42)40(16-36-21)23-7-5-6-17(2)30(43)38-22-14-37-39(3)29(22)18-10-11-35-20(23)12-18/h8-17,23H,4-7,33-34H2,1-3H3,(H,38,43)/b25-15+. The molecule has 2 unspecified atom stereocenters. The van der Waals surface area contributed by atoms with Gasteiger partial charge in [-0.15, -0.1) is 0 Å². The number of nitrogens with zero attached hydrogens (tertiary/aromatic N) is 6. The number of hydrogen-bond acceptors (Lipinski definition) is 9. The summed E-state index contributed by atoms with van der Waals surface area (Å²) in [4.78, 5) is 35.7. The van der Waals surface area contributed by atoms with E-state index in [4.69, 9.17) is 27.9 Å². The molecule has 44 heavy (non-hydrogen) atoms. The molecule has 4 aromatic rings. The molecule has 0 fully saturated rings. The van der Waals surface area contributed by atoms with Crippen molar-refractivity contribution in [1.82, 2.24) is 24.3 Å². The summed E-state index contributed by atoms with van der Waals surface area (Å²) in [5, 5.41) is 8.24. The van der Waals surface area contributed by atoms with Crippen molar-refractivity contribution in [3.05, 3.63) is 88.0 Å². The molecule has 14 heteroatoms. The van der Waals surface area contributed by atoms with Gasteiger partial charge in [0, 0.05) is 30.8 Å². The van der Waals surface area contributed by atoms with Gasteiger partial charge in [-0.05, 0) is 44.0 Å². The van der Waals surface area contributed by atoms with Crippen molar-refractivity contribution in [2.24, 2.45) is 24.5 Å². The van der Waals surface area contributed by atoms with E-state index in [2.05, 4.69) is 20.4 Å². The zero-order valence-electron chi connectivity index (χ0n) is 24.5. The van der Waals surface area contributed by atoms with Gasteiger partial charge in [-0.2, -0.15) is 5.10 Å². The second kappa shape index (κ2) is 12.9. The first-order chi connectivity index (χ1) is 21.1. The van der Waals surface area contributed by atoms with Crippen molar-refractivity contribution >= 4 is 28.9 Å². The Labute approximate surface area is 258 Å². The maximum absolute atomic E-state index is 15.5. The predicted octanol–water partition coefficient (Wildman–Crippen LogP) is 4.32. The van der Waals surface area contributed by atoms with Crippen LogP contribution in [0.25, 0.3) is 22.5 Å². The predicted molar refractivity (Wildman–Crippen MR) is 166 cm³/mol. The maximum Gasteiger partial charge on any atom is 0.254 e. The van der Waals surface area contributed by atoms with E-state index in [1.807, 2.05) is 19.1 Å². The minimum Gasteiger partial charge on any atom is -0.479 e. The summed E-state index contributed by atoms with van der Waals surface area (Å²) in [5.41, 5.74) is 8.22. The van der Waals surface area contributed by atoms with Crippen LogP contribution in [0.5, 0.6) is 0 Å². The number of ether oxygens (including phenoxy) is 1. The Kier molecular flexibility index (Phi) is 8.97. The minimum absolute atomic E-state index is 0.0157. The Balaban J connectivity index is 1.59. The minimum atomic E-state index is -0.799. The molecule has 1 aromatic carbocycles. The molecular weight excluding hydrogens is 589 g/mol. The number of halogens is 2. The molecule has 0 saturated carbocycles. The number of carbonyl (C=O) groups is 1. The number of pyridine rings is 1. The van der Waals surface area contributed by atoms with E-state index in [1.54, 1.807) is 31.0 Å². The quantitative estimate of drug-likeness (QED) is 0.162. The second-order valence-electron chi connectivity index (χ2n) is 10.5. The van der Waals surface area contributed by atoms with Crippen molar-refractivity contribution in [3.8, 4) is 22.5 Å². The lowest BCUT2D eigenvalue weighted by Crippen LogP contribution is -2.29. The van der Waals surface area contributed by atoms with Crippen molar-refractivity contribution in [1.29, 1.82) is 0 Å². The summed E-state index contributed by atoms with van der Waals surface area (Å²) >= 11 is 6.12. The number of aryl methyl sites for hydroxylation is 1. The summed E-state index contributed by atoms with van der Waals surface area (Å²) in [6.45, 7) is 3.93. The van der Waals surface area contributed by atoms with Crippen LogP contribution in [-0.4, -0.2) is 36.8 Å². The zero-order valence-corrected chi connectivity index (χ0v) is 25.3. The van der Waals surface area contributed by atoms with Crippen LogP contribution in [0.4, 0.5) is 15.8 Å². The second-order valence-corrected chi connectivity index (χ2v) is 10.9. The third-order valence-corrected chi connectivity index (χ3v) is 7.80. The Hall–Kier alpha value is -4.75. The van der Waals surface area contributed by atoms with Gasteiger partial charge in [-0.1, -0.05) is 24.9 Å². The van der Waals surface area contributed by atoms with E-state index >= 15 is 4.39 Å². The van der Waals surface area contributed by atoms with Crippen molar-refractivity contribution in [2.45, 2.75) is 39.2 Å². The monoisotopic (exact) mass is 621 g/mol. The maximum atomic E-state index is 15.5. The van der Waals surface area contributed by atoms with Crippen LogP contribution >= 0.6 is 11.6 Å². The number of rotatable bonds is 6. The SMILES string of the molecule is CCO/C(N)=C/N(N)c1ccc(Cl)c(F)c1-c1cc(=O)n(C2CCCC(C)C(=O)Nc3cnn(C)c3-c3ccnc2c3)cn1. The lowest BCUT2D eigenvalue weighted by Gasteiger charge is -2.23. The molecule has 0 spiro atoms. The van der Waals surface area contributed by atoms with Gasteiger partial charge in [0.1, 0.15) is 0 Å². The third-order valence-electron chi connectivity index (χ3n) is 7.51. The molecule has 230 valence electrons. The van der Waals surface area contributed by atoms with E-state index in [-0.39, 0.29) is 39.7 Å². The molecule has 3 aromatic heterocycles. The molecule has 0 aliphatic carbocycles. The van der Waals surface area contributed by atoms with Gasteiger partial charge in [-0.25, -0.2) is 15.2 Å². The first-order valence-electron chi connectivity index (χ1n) is 14.1. The number of amides is 1. The van der Waals surface area contributed by atoms with E-state index < -0.39 is 17.4 Å². The van der Waals surface area contributed by atoms with E-state index in [9.17, 15) is 9.59 Å². The smallest absolute Gasteiger partial charge is 0.254 e. The number of nitrogens with one attached hydrogen (secondary N) is 1. The highest BCUT2D eigenvalue weighted by Crippen LogP contribution is 2.36. The number of benzene rings is 1. The van der Waals surface area contributed by atoms with Crippen molar-refractivity contribution in [3.63, 3.8) is 0 Å². The molecule has 1 amide bonds. The molecule has 5 rings (SSSR count). The summed E-state index contributed by atoms with van der Waals surface area (Å²) < 4.78 is 23.9. The Morgan fingerprint density at radius 2 is 2.05 bits per heavy atom. The fourth-order valence-corrected chi connectivity index (χ4v) is 5.43. The summed E-state index contributed by atoms with van der Waals surface area (Å²) in [5.74, 6) is 5.01. The molecule has 12 nitrogen and oxygen atoms in total. The van der Waals surface area contributed by atoms with Crippen LogP contribution in [0.15, 0.2) is 65.9 Å². The number of anilines is 2. The highest BCUT2D eigenvalue weighted by Gasteiger charge is 2.25. The fraction of sp³-hybridized carbons (Fsp3) is 0.300. The number of aromatic nitrogens is 5. The lowest BCUT2D eigenvalue weighted by atomic mass is 9.97. The van der Waals surface area contributed by atoms with Gasteiger partial charge in [0.25, 0.3) is 5.56 Å². The van der Waals surface area contributed by atoms with Crippen LogP contribution in [0.2, 0.25) is 5.02 Å². The van der Waals surface area contributed by atoms with Crippen LogP contribution < -0.4 is 27.5 Å². The van der Waals surface area contributed by atoms with Crippen LogP contribution in [0.1, 0.15) is 44.8 Å². The number of hydrazine groups is 1. The van der Waals surface area contributed by atoms with Crippen LogP contribution in [0, 0.1) is 11.7 Å². The Bertz CT molecular complexity index is 1790. The lowest BCUT2D eigenvalue weighted by molar-refractivity contribution is -0.119. The first-order valence-corrected chi connectivity index (χ1v) is 14.5. The first kappa shape index (κ1) is 30.7. The van der Waals surface area contributed by atoms with Gasteiger partial charge < -0.3 is 15.8 Å². The molecule has 4 heterocycles. The highest BCUT2D eigenvalue weighted by molar-refractivity contribution is 6.31. The normalized spacial score (nSPS) is 17.2. The number of carbonyl (C=O) groups excluding carboxylic acids is 1.